The predicted octanol–water partition coefficient (Wildman–Crippen LogP) is 4.56. The SMILES string of the molecule is CCCCc1ccccc1/C=C1\CCCCC1=O. The fourth-order valence-corrected chi connectivity index (χ4v) is 2.51. The number of allylic oxidation sites excluding steroid dienone is 1. The summed E-state index contributed by atoms with van der Waals surface area (Å²) in [6.07, 6.45) is 9.60. The van der Waals surface area contributed by atoms with Crippen LogP contribution in [-0.2, 0) is 11.2 Å². The van der Waals surface area contributed by atoms with Crippen molar-refractivity contribution in [3.8, 4) is 0 Å². The minimum atomic E-state index is 0.353. The quantitative estimate of drug-likeness (QED) is 0.708. The van der Waals surface area contributed by atoms with Crippen LogP contribution in [0.25, 0.3) is 6.08 Å². The van der Waals surface area contributed by atoms with Crippen molar-refractivity contribution in [1.82, 2.24) is 0 Å². The van der Waals surface area contributed by atoms with Gasteiger partial charge in [0.05, 0.1) is 0 Å². The van der Waals surface area contributed by atoms with Gasteiger partial charge in [0.25, 0.3) is 0 Å². The Kier molecular flexibility index (Phi) is 4.74. The summed E-state index contributed by atoms with van der Waals surface area (Å²) in [6, 6.07) is 8.49. The molecule has 2 rings (SSSR count). The van der Waals surface area contributed by atoms with E-state index in [4.69, 9.17) is 0 Å². The summed E-state index contributed by atoms with van der Waals surface area (Å²) in [4.78, 5) is 11.9. The summed E-state index contributed by atoms with van der Waals surface area (Å²) in [5.41, 5.74) is 3.66. The molecule has 0 radical (unpaired) electrons. The molecule has 1 aromatic rings. The lowest BCUT2D eigenvalue weighted by Crippen LogP contribution is -2.08. The van der Waals surface area contributed by atoms with Crippen LogP contribution < -0.4 is 0 Å². The Hall–Kier alpha value is -1.37. The first kappa shape index (κ1) is 13.1. The number of hydrogen-bond donors (Lipinski definition) is 0. The minimum absolute atomic E-state index is 0.353. The van der Waals surface area contributed by atoms with Gasteiger partial charge in [-0.1, -0.05) is 37.6 Å². The van der Waals surface area contributed by atoms with Gasteiger partial charge < -0.3 is 0 Å². The van der Waals surface area contributed by atoms with Crippen molar-refractivity contribution in [2.24, 2.45) is 0 Å². The summed E-state index contributed by atoms with van der Waals surface area (Å²) < 4.78 is 0. The average Bonchev–Trinajstić information content (AvgIpc) is 2.40. The van der Waals surface area contributed by atoms with Crippen molar-refractivity contribution in [3.63, 3.8) is 0 Å². The third-order valence-electron chi connectivity index (χ3n) is 3.64. The molecule has 1 saturated carbocycles. The molecule has 0 bridgehead atoms. The summed E-state index contributed by atoms with van der Waals surface area (Å²) in [7, 11) is 0. The van der Waals surface area contributed by atoms with E-state index < -0.39 is 0 Å². The van der Waals surface area contributed by atoms with E-state index in [-0.39, 0.29) is 0 Å². The molecule has 0 heterocycles. The van der Waals surface area contributed by atoms with E-state index >= 15 is 0 Å². The lowest BCUT2D eigenvalue weighted by Gasteiger charge is -2.13. The smallest absolute Gasteiger partial charge is 0.158 e. The molecule has 1 nitrogen and oxygen atoms in total. The maximum atomic E-state index is 11.9. The van der Waals surface area contributed by atoms with Crippen molar-refractivity contribution in [2.45, 2.75) is 51.9 Å². The highest BCUT2D eigenvalue weighted by molar-refractivity contribution is 6.00. The molecular weight excluding hydrogens is 220 g/mol. The van der Waals surface area contributed by atoms with Gasteiger partial charge in [-0.2, -0.15) is 0 Å². The fourth-order valence-electron chi connectivity index (χ4n) is 2.51. The standard InChI is InChI=1S/C17H22O/c1-2-3-8-14-9-4-5-10-15(14)13-16-11-6-7-12-17(16)18/h4-5,9-10,13H,2-3,6-8,11-12H2,1H3/b16-13+. The molecule has 0 aliphatic heterocycles. The molecule has 96 valence electrons. The van der Waals surface area contributed by atoms with Gasteiger partial charge in [0.1, 0.15) is 0 Å². The highest BCUT2D eigenvalue weighted by Crippen LogP contribution is 2.24. The van der Waals surface area contributed by atoms with Crippen LogP contribution in [-0.4, -0.2) is 5.78 Å². The monoisotopic (exact) mass is 242 g/mol. The number of carbonyl (C=O) groups excluding carboxylic acids is 1. The third kappa shape index (κ3) is 3.32. The fraction of sp³-hybridized carbons (Fsp3) is 0.471. The zero-order valence-electron chi connectivity index (χ0n) is 11.2. The number of benzene rings is 1. The van der Waals surface area contributed by atoms with Gasteiger partial charge in [0.2, 0.25) is 0 Å². The van der Waals surface area contributed by atoms with Crippen molar-refractivity contribution >= 4 is 11.9 Å². The van der Waals surface area contributed by atoms with Crippen molar-refractivity contribution in [1.29, 1.82) is 0 Å². The normalized spacial score (nSPS) is 18.3. The van der Waals surface area contributed by atoms with E-state index in [0.29, 0.717) is 5.78 Å². The minimum Gasteiger partial charge on any atom is -0.295 e. The van der Waals surface area contributed by atoms with Gasteiger partial charge in [-0.15, -0.1) is 0 Å². The molecule has 0 aromatic heterocycles. The van der Waals surface area contributed by atoms with E-state index in [1.165, 1.54) is 24.0 Å². The molecule has 1 heteroatoms. The van der Waals surface area contributed by atoms with Crippen LogP contribution >= 0.6 is 0 Å². The van der Waals surface area contributed by atoms with E-state index in [1.54, 1.807) is 0 Å². The summed E-state index contributed by atoms with van der Waals surface area (Å²) in [5.74, 6) is 0.353. The Morgan fingerprint density at radius 1 is 1.17 bits per heavy atom. The number of Topliss-reactive ketones (excluding diaryl/α,β-unsaturated/α-hetero) is 1. The first-order valence-electron chi connectivity index (χ1n) is 7.13. The summed E-state index contributed by atoms with van der Waals surface area (Å²) >= 11 is 0. The van der Waals surface area contributed by atoms with Crippen LogP contribution in [0.2, 0.25) is 0 Å². The first-order valence-corrected chi connectivity index (χ1v) is 7.13. The number of aryl methyl sites for hydroxylation is 1. The van der Waals surface area contributed by atoms with Gasteiger partial charge in [0.15, 0.2) is 5.78 Å². The highest BCUT2D eigenvalue weighted by atomic mass is 16.1. The van der Waals surface area contributed by atoms with Crippen LogP contribution in [0.15, 0.2) is 29.8 Å². The van der Waals surface area contributed by atoms with Crippen molar-refractivity contribution in [2.75, 3.05) is 0 Å². The van der Waals surface area contributed by atoms with Crippen LogP contribution in [0.1, 0.15) is 56.6 Å². The topological polar surface area (TPSA) is 17.1 Å². The average molecular weight is 242 g/mol. The Bertz CT molecular complexity index is 443. The van der Waals surface area contributed by atoms with Crippen LogP contribution in [0.3, 0.4) is 0 Å². The maximum absolute atomic E-state index is 11.9. The second kappa shape index (κ2) is 6.53. The number of carbonyl (C=O) groups is 1. The van der Waals surface area contributed by atoms with Gasteiger partial charge in [0, 0.05) is 6.42 Å². The predicted molar refractivity (Wildman–Crippen MR) is 76.5 cm³/mol. The molecular formula is C17H22O. The molecule has 0 N–H and O–H groups in total. The number of hydrogen-bond acceptors (Lipinski definition) is 1. The van der Waals surface area contributed by atoms with Gasteiger partial charge in [-0.05, 0) is 54.9 Å². The lowest BCUT2D eigenvalue weighted by atomic mass is 9.90. The highest BCUT2D eigenvalue weighted by Gasteiger charge is 2.14. The van der Waals surface area contributed by atoms with E-state index in [2.05, 4.69) is 37.3 Å². The molecule has 0 amide bonds. The van der Waals surface area contributed by atoms with Crippen molar-refractivity contribution < 1.29 is 4.79 Å². The van der Waals surface area contributed by atoms with Gasteiger partial charge in [-0.3, -0.25) is 4.79 Å². The number of ketones is 1. The Balaban J connectivity index is 2.21. The van der Waals surface area contributed by atoms with E-state index in [0.717, 1.165) is 37.7 Å². The summed E-state index contributed by atoms with van der Waals surface area (Å²) in [5, 5.41) is 0. The number of rotatable bonds is 4. The number of unbranched alkanes of at least 4 members (excludes halogenated alkanes) is 1. The molecule has 1 fully saturated rings. The zero-order valence-corrected chi connectivity index (χ0v) is 11.2. The molecule has 0 atom stereocenters. The molecule has 1 aliphatic rings. The van der Waals surface area contributed by atoms with Crippen LogP contribution in [0.5, 0.6) is 0 Å². The molecule has 1 aliphatic carbocycles. The van der Waals surface area contributed by atoms with Gasteiger partial charge in [-0.25, -0.2) is 0 Å². The Morgan fingerprint density at radius 2 is 1.94 bits per heavy atom. The molecule has 0 saturated heterocycles. The van der Waals surface area contributed by atoms with Crippen LogP contribution in [0.4, 0.5) is 0 Å². The largest absolute Gasteiger partial charge is 0.295 e. The lowest BCUT2D eigenvalue weighted by molar-refractivity contribution is -0.116. The molecule has 0 unspecified atom stereocenters. The van der Waals surface area contributed by atoms with Crippen molar-refractivity contribution in [3.05, 3.63) is 41.0 Å². The third-order valence-corrected chi connectivity index (χ3v) is 3.64. The van der Waals surface area contributed by atoms with Gasteiger partial charge >= 0.3 is 0 Å². The zero-order chi connectivity index (χ0) is 12.8. The Morgan fingerprint density at radius 3 is 2.72 bits per heavy atom. The Labute approximate surface area is 110 Å². The first-order chi connectivity index (χ1) is 8.81. The second-order valence-electron chi connectivity index (χ2n) is 5.10. The van der Waals surface area contributed by atoms with E-state index in [1.807, 2.05) is 0 Å². The van der Waals surface area contributed by atoms with Crippen LogP contribution in [0, 0.1) is 0 Å². The second-order valence-corrected chi connectivity index (χ2v) is 5.10. The molecule has 0 spiro atoms. The van der Waals surface area contributed by atoms with E-state index in [9.17, 15) is 4.79 Å². The maximum Gasteiger partial charge on any atom is 0.158 e. The molecule has 18 heavy (non-hydrogen) atoms. The molecule has 1 aromatic carbocycles. The summed E-state index contributed by atoms with van der Waals surface area (Å²) in [6.45, 7) is 2.21.